The van der Waals surface area contributed by atoms with E-state index in [0.717, 1.165) is 29.8 Å². The predicted molar refractivity (Wildman–Crippen MR) is 119 cm³/mol. The molecule has 1 heterocycles. The summed E-state index contributed by atoms with van der Waals surface area (Å²) in [5.74, 6) is -0.519. The summed E-state index contributed by atoms with van der Waals surface area (Å²) in [5, 5.41) is 9.44. The van der Waals surface area contributed by atoms with Crippen LogP contribution >= 0.6 is 0 Å². The van der Waals surface area contributed by atoms with Crippen LogP contribution in [0.2, 0.25) is 0 Å². The van der Waals surface area contributed by atoms with Gasteiger partial charge in [0.15, 0.2) is 11.5 Å². The zero-order chi connectivity index (χ0) is 22.4. The Morgan fingerprint density at radius 3 is 2.45 bits per heavy atom. The molecular formula is C24H27N3O4. The Bertz CT molecular complexity index is 1070. The molecule has 0 aliphatic rings. The summed E-state index contributed by atoms with van der Waals surface area (Å²) in [6.07, 6.45) is 2.65. The number of rotatable bonds is 9. The lowest BCUT2D eigenvalue weighted by atomic mass is 9.99. The SMILES string of the molecule is CCCCc1nc(N)c(C(=O)OCC)n1Cc1ccc(-c2ccccc2C(=O)O)cc1. The number of unbranched alkanes of at least 4 members (excludes halogenated alkanes) is 1. The Morgan fingerprint density at radius 1 is 1.10 bits per heavy atom. The normalized spacial score (nSPS) is 10.8. The maximum atomic E-state index is 12.5. The summed E-state index contributed by atoms with van der Waals surface area (Å²) < 4.78 is 7.00. The standard InChI is InChI=1S/C24H27N3O4/c1-3-5-10-20-26-22(25)21(24(30)31-4-2)27(20)15-16-11-13-17(14-12-16)18-8-6-7-9-19(18)23(28)29/h6-9,11-14H,3-5,10,15,25H2,1-2H3,(H,28,29). The van der Waals surface area contributed by atoms with Gasteiger partial charge in [-0.1, -0.05) is 55.8 Å². The number of carboxylic acid groups (broad SMARTS) is 1. The molecule has 1 aromatic heterocycles. The largest absolute Gasteiger partial charge is 0.478 e. The summed E-state index contributed by atoms with van der Waals surface area (Å²) in [4.78, 5) is 28.4. The molecule has 0 bridgehead atoms. The van der Waals surface area contributed by atoms with E-state index in [1.54, 1.807) is 25.1 Å². The van der Waals surface area contributed by atoms with Crippen molar-refractivity contribution in [1.82, 2.24) is 9.55 Å². The number of anilines is 1. The van der Waals surface area contributed by atoms with Crippen molar-refractivity contribution in [2.24, 2.45) is 0 Å². The van der Waals surface area contributed by atoms with E-state index < -0.39 is 11.9 Å². The lowest BCUT2D eigenvalue weighted by Crippen LogP contribution is -2.16. The zero-order valence-corrected chi connectivity index (χ0v) is 17.8. The summed E-state index contributed by atoms with van der Waals surface area (Å²) in [5.41, 5.74) is 8.99. The fourth-order valence-electron chi connectivity index (χ4n) is 3.52. The van der Waals surface area contributed by atoms with Crippen LogP contribution in [0.1, 0.15) is 58.9 Å². The molecule has 0 aliphatic carbocycles. The topological polar surface area (TPSA) is 107 Å². The minimum absolute atomic E-state index is 0.177. The molecule has 0 amide bonds. The molecule has 0 spiro atoms. The average Bonchev–Trinajstić information content (AvgIpc) is 3.07. The Morgan fingerprint density at radius 2 is 1.81 bits per heavy atom. The molecule has 3 rings (SSSR count). The summed E-state index contributed by atoms with van der Waals surface area (Å²) in [7, 11) is 0. The van der Waals surface area contributed by atoms with Gasteiger partial charge in [0.1, 0.15) is 5.82 Å². The number of carbonyl (C=O) groups excluding carboxylic acids is 1. The van der Waals surface area contributed by atoms with Gasteiger partial charge in [0.05, 0.1) is 12.2 Å². The smallest absolute Gasteiger partial charge is 0.358 e. The Kier molecular flexibility index (Phi) is 7.07. The van der Waals surface area contributed by atoms with Crippen LogP contribution in [-0.2, 0) is 17.7 Å². The quantitative estimate of drug-likeness (QED) is 0.496. The number of ether oxygens (including phenoxy) is 1. The van der Waals surface area contributed by atoms with Gasteiger partial charge in [-0.05, 0) is 36.1 Å². The van der Waals surface area contributed by atoms with Crippen molar-refractivity contribution < 1.29 is 19.4 Å². The number of carboxylic acids is 1. The molecule has 7 heteroatoms. The van der Waals surface area contributed by atoms with Crippen molar-refractivity contribution in [1.29, 1.82) is 0 Å². The second-order valence-corrected chi connectivity index (χ2v) is 7.22. The molecule has 0 aliphatic heterocycles. The monoisotopic (exact) mass is 421 g/mol. The van der Waals surface area contributed by atoms with Crippen LogP contribution in [0.4, 0.5) is 5.82 Å². The van der Waals surface area contributed by atoms with Crippen LogP contribution in [0.15, 0.2) is 48.5 Å². The van der Waals surface area contributed by atoms with Crippen molar-refractivity contribution in [2.75, 3.05) is 12.3 Å². The molecule has 0 unspecified atom stereocenters. The first-order valence-electron chi connectivity index (χ1n) is 10.4. The van der Waals surface area contributed by atoms with Crippen molar-refractivity contribution in [3.8, 4) is 11.1 Å². The maximum Gasteiger partial charge on any atom is 0.358 e. The number of nitrogen functional groups attached to an aromatic ring is 1. The number of imidazole rings is 1. The van der Waals surface area contributed by atoms with Gasteiger partial charge >= 0.3 is 11.9 Å². The van der Waals surface area contributed by atoms with Crippen LogP contribution in [0.5, 0.6) is 0 Å². The first kappa shape index (κ1) is 22.1. The third-order valence-corrected chi connectivity index (χ3v) is 5.06. The van der Waals surface area contributed by atoms with E-state index in [-0.39, 0.29) is 23.7 Å². The number of nitrogens with two attached hydrogens (primary N) is 1. The minimum atomic E-state index is -0.965. The summed E-state index contributed by atoms with van der Waals surface area (Å²) >= 11 is 0. The molecule has 3 N–H and O–H groups in total. The van der Waals surface area contributed by atoms with E-state index in [0.29, 0.717) is 18.5 Å². The van der Waals surface area contributed by atoms with E-state index in [1.165, 1.54) is 0 Å². The molecule has 0 fully saturated rings. The van der Waals surface area contributed by atoms with Gasteiger partial charge in [-0.25, -0.2) is 14.6 Å². The third-order valence-electron chi connectivity index (χ3n) is 5.06. The summed E-state index contributed by atoms with van der Waals surface area (Å²) in [6, 6.07) is 14.5. The molecule has 7 nitrogen and oxygen atoms in total. The van der Waals surface area contributed by atoms with Gasteiger partial charge in [0, 0.05) is 13.0 Å². The molecule has 0 saturated heterocycles. The van der Waals surface area contributed by atoms with E-state index in [9.17, 15) is 14.7 Å². The van der Waals surface area contributed by atoms with Gasteiger partial charge in [-0.3, -0.25) is 0 Å². The van der Waals surface area contributed by atoms with Crippen molar-refractivity contribution in [3.63, 3.8) is 0 Å². The Hall–Kier alpha value is -3.61. The molecule has 31 heavy (non-hydrogen) atoms. The highest BCUT2D eigenvalue weighted by atomic mass is 16.5. The fourth-order valence-corrected chi connectivity index (χ4v) is 3.52. The highest BCUT2D eigenvalue weighted by Gasteiger charge is 2.22. The number of hydrogen-bond donors (Lipinski definition) is 2. The highest BCUT2D eigenvalue weighted by Crippen LogP contribution is 2.25. The lowest BCUT2D eigenvalue weighted by molar-refractivity contribution is 0.0514. The van der Waals surface area contributed by atoms with Crippen LogP contribution in [0, 0.1) is 0 Å². The lowest BCUT2D eigenvalue weighted by Gasteiger charge is -2.13. The second kappa shape index (κ2) is 9.93. The van der Waals surface area contributed by atoms with E-state index >= 15 is 0 Å². The van der Waals surface area contributed by atoms with Crippen LogP contribution in [0.25, 0.3) is 11.1 Å². The van der Waals surface area contributed by atoms with Gasteiger partial charge in [0.25, 0.3) is 0 Å². The zero-order valence-electron chi connectivity index (χ0n) is 17.8. The number of esters is 1. The molecule has 0 radical (unpaired) electrons. The van der Waals surface area contributed by atoms with Gasteiger partial charge < -0.3 is 20.1 Å². The molecular weight excluding hydrogens is 394 g/mol. The van der Waals surface area contributed by atoms with E-state index in [2.05, 4.69) is 11.9 Å². The molecule has 0 saturated carbocycles. The molecule has 3 aromatic rings. The number of aromatic nitrogens is 2. The van der Waals surface area contributed by atoms with Gasteiger partial charge in [0.2, 0.25) is 0 Å². The Balaban J connectivity index is 1.94. The number of carbonyl (C=O) groups is 2. The van der Waals surface area contributed by atoms with Crippen LogP contribution in [0.3, 0.4) is 0 Å². The van der Waals surface area contributed by atoms with E-state index in [1.807, 2.05) is 34.9 Å². The van der Waals surface area contributed by atoms with Crippen molar-refractivity contribution in [2.45, 2.75) is 39.7 Å². The minimum Gasteiger partial charge on any atom is -0.478 e. The Labute approximate surface area is 181 Å². The average molecular weight is 421 g/mol. The first-order chi connectivity index (χ1) is 15.0. The second-order valence-electron chi connectivity index (χ2n) is 7.22. The molecule has 2 aromatic carbocycles. The van der Waals surface area contributed by atoms with Gasteiger partial charge in [-0.2, -0.15) is 0 Å². The maximum absolute atomic E-state index is 12.5. The number of hydrogen-bond acceptors (Lipinski definition) is 5. The first-order valence-corrected chi connectivity index (χ1v) is 10.4. The number of nitrogens with zero attached hydrogens (tertiary/aromatic N) is 2. The number of aryl methyl sites for hydroxylation is 1. The van der Waals surface area contributed by atoms with Crippen LogP contribution in [-0.4, -0.2) is 33.2 Å². The number of aromatic carboxylic acids is 1. The van der Waals surface area contributed by atoms with Crippen molar-refractivity contribution >= 4 is 17.8 Å². The van der Waals surface area contributed by atoms with Gasteiger partial charge in [-0.15, -0.1) is 0 Å². The molecule has 0 atom stereocenters. The third kappa shape index (κ3) is 4.94. The van der Waals surface area contributed by atoms with Crippen molar-refractivity contribution in [3.05, 3.63) is 71.2 Å². The summed E-state index contributed by atoms with van der Waals surface area (Å²) in [6.45, 7) is 4.51. The highest BCUT2D eigenvalue weighted by molar-refractivity contribution is 5.96. The predicted octanol–water partition coefficient (Wildman–Crippen LogP) is 4.40. The van der Waals surface area contributed by atoms with E-state index in [4.69, 9.17) is 10.5 Å². The number of benzene rings is 2. The molecule has 162 valence electrons. The fraction of sp³-hybridized carbons (Fsp3) is 0.292. The van der Waals surface area contributed by atoms with Crippen LogP contribution < -0.4 is 5.73 Å².